The highest BCUT2D eigenvalue weighted by Crippen LogP contribution is 2.23. The van der Waals surface area contributed by atoms with Crippen LogP contribution in [0, 0.1) is 17.5 Å². The van der Waals surface area contributed by atoms with Crippen LogP contribution in [-0.2, 0) is 19.4 Å². The average Bonchev–Trinajstić information content (AvgIpc) is 2.92. The highest BCUT2D eigenvalue weighted by atomic mass is 32.2. The molecule has 3 rings (SSSR count). The number of amides is 2. The Morgan fingerprint density at radius 2 is 1.85 bits per heavy atom. The Morgan fingerprint density at radius 1 is 1.19 bits per heavy atom. The molecule has 0 radical (unpaired) electrons. The molecule has 1 saturated heterocycles. The van der Waals surface area contributed by atoms with Gasteiger partial charge < -0.3 is 5.32 Å². The van der Waals surface area contributed by atoms with Crippen molar-refractivity contribution in [1.29, 1.82) is 0 Å². The Kier molecular flexibility index (Phi) is 4.74. The molecule has 2 aliphatic heterocycles. The van der Waals surface area contributed by atoms with Crippen molar-refractivity contribution in [2.24, 2.45) is 5.10 Å². The van der Waals surface area contributed by atoms with Crippen LogP contribution in [-0.4, -0.2) is 48.5 Å². The number of nitrogens with one attached hydrogen (secondary N) is 1. The minimum Gasteiger partial charge on any atom is -0.321 e. The molecule has 0 spiro atoms. The SMILES string of the molecule is O=C(Nc1cc(F)c(F)c(F)c1)C1=NN([C@H]2CCS(=O)(=O)C2)C(=O)CC1. The van der Waals surface area contributed by atoms with Crippen LogP contribution in [0.4, 0.5) is 18.9 Å². The molecule has 0 unspecified atom stereocenters. The summed E-state index contributed by atoms with van der Waals surface area (Å²) in [5, 5.41) is 7.12. The van der Waals surface area contributed by atoms with Gasteiger partial charge in [-0.3, -0.25) is 9.59 Å². The van der Waals surface area contributed by atoms with Gasteiger partial charge in [0.05, 0.1) is 17.5 Å². The van der Waals surface area contributed by atoms with E-state index in [1.54, 1.807) is 0 Å². The molecule has 0 aromatic heterocycles. The number of benzene rings is 1. The van der Waals surface area contributed by atoms with E-state index in [0.29, 0.717) is 12.1 Å². The number of anilines is 1. The molecule has 1 fully saturated rings. The minimum absolute atomic E-state index is 0.00715. The molecule has 1 N–H and O–H groups in total. The second-order valence-electron chi connectivity index (χ2n) is 6.05. The quantitative estimate of drug-likeness (QED) is 0.786. The van der Waals surface area contributed by atoms with Crippen LogP contribution in [0.5, 0.6) is 0 Å². The Hall–Kier alpha value is -2.43. The third kappa shape index (κ3) is 3.71. The van der Waals surface area contributed by atoms with Gasteiger partial charge in [-0.15, -0.1) is 0 Å². The summed E-state index contributed by atoms with van der Waals surface area (Å²) in [6.07, 6.45) is 0.169. The zero-order valence-electron chi connectivity index (χ0n) is 13.3. The molecule has 1 aromatic carbocycles. The molecule has 1 aromatic rings. The van der Waals surface area contributed by atoms with E-state index >= 15 is 0 Å². The van der Waals surface area contributed by atoms with Crippen LogP contribution >= 0.6 is 0 Å². The lowest BCUT2D eigenvalue weighted by molar-refractivity contribution is -0.133. The molecular formula is C15H14F3N3O4S. The lowest BCUT2D eigenvalue weighted by Crippen LogP contribution is -2.42. The van der Waals surface area contributed by atoms with E-state index in [0.717, 1.165) is 5.01 Å². The van der Waals surface area contributed by atoms with Crippen molar-refractivity contribution < 1.29 is 31.2 Å². The first kappa shape index (κ1) is 18.4. The highest BCUT2D eigenvalue weighted by molar-refractivity contribution is 7.91. The second-order valence-corrected chi connectivity index (χ2v) is 8.28. The summed E-state index contributed by atoms with van der Waals surface area (Å²) in [7, 11) is -3.25. The number of carbonyl (C=O) groups excluding carboxylic acids is 2. The van der Waals surface area contributed by atoms with E-state index in [-0.39, 0.29) is 42.2 Å². The molecule has 2 amide bonds. The van der Waals surface area contributed by atoms with Gasteiger partial charge in [-0.2, -0.15) is 5.10 Å². The molecule has 0 aliphatic carbocycles. The predicted molar refractivity (Wildman–Crippen MR) is 85.5 cm³/mol. The van der Waals surface area contributed by atoms with E-state index in [2.05, 4.69) is 10.4 Å². The van der Waals surface area contributed by atoms with E-state index in [1.165, 1.54) is 0 Å². The minimum atomic E-state index is -3.25. The monoisotopic (exact) mass is 389 g/mol. The van der Waals surface area contributed by atoms with Crippen molar-refractivity contribution in [3.63, 3.8) is 0 Å². The van der Waals surface area contributed by atoms with Gasteiger partial charge in [-0.05, 0) is 6.42 Å². The molecule has 2 heterocycles. The Morgan fingerprint density at radius 3 is 2.42 bits per heavy atom. The van der Waals surface area contributed by atoms with Crippen LogP contribution in [0.15, 0.2) is 17.2 Å². The van der Waals surface area contributed by atoms with Gasteiger partial charge in [0.25, 0.3) is 5.91 Å². The summed E-state index contributed by atoms with van der Waals surface area (Å²) < 4.78 is 62.5. The lowest BCUT2D eigenvalue weighted by Gasteiger charge is -2.27. The number of hydrazone groups is 1. The van der Waals surface area contributed by atoms with Gasteiger partial charge in [-0.25, -0.2) is 26.6 Å². The van der Waals surface area contributed by atoms with E-state index < -0.39 is 45.1 Å². The molecule has 1 atom stereocenters. The summed E-state index contributed by atoms with van der Waals surface area (Å²) >= 11 is 0. The fourth-order valence-electron chi connectivity index (χ4n) is 2.82. The maximum Gasteiger partial charge on any atom is 0.271 e. The van der Waals surface area contributed by atoms with E-state index in [1.807, 2.05) is 0 Å². The van der Waals surface area contributed by atoms with Crippen molar-refractivity contribution in [2.75, 3.05) is 16.8 Å². The molecule has 0 bridgehead atoms. The van der Waals surface area contributed by atoms with E-state index in [4.69, 9.17) is 0 Å². The summed E-state index contributed by atoms with van der Waals surface area (Å²) in [6, 6.07) is 0.592. The van der Waals surface area contributed by atoms with Crippen LogP contribution in [0.3, 0.4) is 0 Å². The van der Waals surface area contributed by atoms with Gasteiger partial charge in [-0.1, -0.05) is 0 Å². The van der Waals surface area contributed by atoms with E-state index in [9.17, 15) is 31.2 Å². The maximum absolute atomic E-state index is 13.2. The Balaban J connectivity index is 1.78. The molecule has 0 saturated carbocycles. The van der Waals surface area contributed by atoms with Gasteiger partial charge in [0.1, 0.15) is 5.71 Å². The van der Waals surface area contributed by atoms with Crippen molar-refractivity contribution >= 4 is 33.1 Å². The lowest BCUT2D eigenvalue weighted by atomic mass is 10.1. The first-order chi connectivity index (χ1) is 12.2. The smallest absolute Gasteiger partial charge is 0.271 e. The largest absolute Gasteiger partial charge is 0.321 e. The number of hydrogen-bond donors (Lipinski definition) is 1. The number of hydrogen-bond acceptors (Lipinski definition) is 5. The third-order valence-electron chi connectivity index (χ3n) is 4.12. The zero-order valence-corrected chi connectivity index (χ0v) is 14.2. The fourth-order valence-corrected chi connectivity index (χ4v) is 4.51. The molecular weight excluding hydrogens is 375 g/mol. The Labute approximate surface area is 146 Å². The topological polar surface area (TPSA) is 95.9 Å². The van der Waals surface area contributed by atoms with Crippen LogP contribution in [0.25, 0.3) is 0 Å². The fraction of sp³-hybridized carbons (Fsp3) is 0.400. The van der Waals surface area contributed by atoms with Crippen molar-refractivity contribution in [1.82, 2.24) is 5.01 Å². The second kappa shape index (κ2) is 6.71. The van der Waals surface area contributed by atoms with Gasteiger partial charge in [0, 0.05) is 30.7 Å². The summed E-state index contributed by atoms with van der Waals surface area (Å²) in [6.45, 7) is 0. The maximum atomic E-state index is 13.2. The van der Waals surface area contributed by atoms with Gasteiger partial charge in [0.2, 0.25) is 5.91 Å². The van der Waals surface area contributed by atoms with Crippen molar-refractivity contribution in [3.05, 3.63) is 29.6 Å². The molecule has 140 valence electrons. The summed E-state index contributed by atoms with van der Waals surface area (Å²) in [4.78, 5) is 24.2. The van der Waals surface area contributed by atoms with Crippen LogP contribution in [0.2, 0.25) is 0 Å². The molecule has 2 aliphatic rings. The predicted octanol–water partition coefficient (Wildman–Crippen LogP) is 1.21. The first-order valence-corrected chi connectivity index (χ1v) is 9.54. The molecule has 11 heteroatoms. The average molecular weight is 389 g/mol. The zero-order chi connectivity index (χ0) is 19.1. The van der Waals surface area contributed by atoms with Crippen LogP contribution < -0.4 is 5.32 Å². The van der Waals surface area contributed by atoms with Crippen molar-refractivity contribution in [3.8, 4) is 0 Å². The number of sulfone groups is 1. The first-order valence-electron chi connectivity index (χ1n) is 7.72. The van der Waals surface area contributed by atoms with Crippen LogP contribution in [0.1, 0.15) is 19.3 Å². The highest BCUT2D eigenvalue weighted by Gasteiger charge is 2.37. The van der Waals surface area contributed by atoms with Gasteiger partial charge >= 0.3 is 0 Å². The standard InChI is InChI=1S/C15H14F3N3O4S/c16-10-5-8(6-11(17)14(10)18)19-15(23)12-1-2-13(22)21(20-12)9-3-4-26(24,25)7-9/h5-6,9H,1-4,7H2,(H,19,23)/t9-/m0/s1. The Bertz CT molecular complexity index is 894. The normalized spacial score (nSPS) is 22.3. The number of carbonyl (C=O) groups is 2. The summed E-state index contributed by atoms with van der Waals surface area (Å²) in [5.41, 5.74) is -0.389. The molecule has 26 heavy (non-hydrogen) atoms. The third-order valence-corrected chi connectivity index (χ3v) is 5.87. The number of halogens is 3. The number of nitrogens with zero attached hydrogens (tertiary/aromatic N) is 2. The molecule has 7 nitrogen and oxygen atoms in total. The van der Waals surface area contributed by atoms with Gasteiger partial charge in [0.15, 0.2) is 27.3 Å². The number of rotatable bonds is 3. The summed E-state index contributed by atoms with van der Waals surface area (Å²) in [5.74, 6) is -6.08. The van der Waals surface area contributed by atoms with Crippen molar-refractivity contribution in [2.45, 2.75) is 25.3 Å².